The van der Waals surface area contributed by atoms with E-state index in [1.54, 1.807) is 0 Å². The third-order valence-electron chi connectivity index (χ3n) is 10.4. The van der Waals surface area contributed by atoms with Gasteiger partial charge in [0, 0.05) is 29.5 Å². The maximum atomic E-state index is 11.6. The Labute approximate surface area is 137 Å². The summed E-state index contributed by atoms with van der Waals surface area (Å²) < 4.78 is 0. The lowest BCUT2D eigenvalue weighted by Crippen LogP contribution is -2.67. The van der Waals surface area contributed by atoms with Gasteiger partial charge in [0.15, 0.2) is 0 Å². The first-order valence-electron chi connectivity index (χ1n) is 9.76. The van der Waals surface area contributed by atoms with E-state index in [-0.39, 0.29) is 23.0 Å². The zero-order chi connectivity index (χ0) is 15.5. The fourth-order valence-corrected chi connectivity index (χ4v) is 10.3. The molecule has 9 aliphatic rings. The standard InChI is InChI=1S/C20H27NO2/c1-9-7-19-11-5-10(9)6-12(19)20-13(22)3-4-18(2)8-21(16(11)20)14(15(18)20)17(19)23/h10-17,22-23H,1,3-8H2,2H3/t10-,11+,12+,13+,14+,15+,16+,17-,18-,19-,20-/m0/s1. The van der Waals surface area contributed by atoms with Crippen molar-refractivity contribution in [2.45, 2.75) is 63.3 Å². The number of aliphatic hydroxyl groups excluding tert-OH is 2. The predicted molar refractivity (Wildman–Crippen MR) is 85.5 cm³/mol. The van der Waals surface area contributed by atoms with Gasteiger partial charge in [-0.25, -0.2) is 0 Å². The van der Waals surface area contributed by atoms with E-state index >= 15 is 0 Å². The van der Waals surface area contributed by atoms with E-state index in [2.05, 4.69) is 18.4 Å². The largest absolute Gasteiger partial charge is 0.392 e. The summed E-state index contributed by atoms with van der Waals surface area (Å²) in [7, 11) is 0. The van der Waals surface area contributed by atoms with E-state index in [1.165, 1.54) is 25.0 Å². The van der Waals surface area contributed by atoms with Gasteiger partial charge in [-0.1, -0.05) is 19.1 Å². The van der Waals surface area contributed by atoms with Crippen LogP contribution in [0, 0.1) is 39.9 Å². The van der Waals surface area contributed by atoms with E-state index < -0.39 is 0 Å². The molecule has 0 radical (unpaired) electrons. The van der Waals surface area contributed by atoms with Crippen molar-refractivity contribution in [3.8, 4) is 0 Å². The lowest BCUT2D eigenvalue weighted by atomic mass is 9.39. The van der Waals surface area contributed by atoms with Crippen molar-refractivity contribution < 1.29 is 10.2 Å². The van der Waals surface area contributed by atoms with Gasteiger partial charge in [-0.05, 0) is 61.2 Å². The fraction of sp³-hybridized carbons (Fsp3) is 0.900. The molecule has 9 bridgehead atoms. The lowest BCUT2D eigenvalue weighted by Gasteiger charge is -2.65. The highest BCUT2D eigenvalue weighted by Gasteiger charge is 2.90. The van der Waals surface area contributed by atoms with Crippen LogP contribution in [-0.4, -0.2) is 45.9 Å². The number of rotatable bonds is 0. The summed E-state index contributed by atoms with van der Waals surface area (Å²) in [4.78, 5) is 2.71. The second-order valence-electron chi connectivity index (χ2n) is 10.5. The molecule has 124 valence electrons. The first kappa shape index (κ1) is 12.9. The minimum absolute atomic E-state index is 0.0672. The zero-order valence-corrected chi connectivity index (χ0v) is 13.9. The van der Waals surface area contributed by atoms with Gasteiger partial charge in [0.2, 0.25) is 0 Å². The van der Waals surface area contributed by atoms with Crippen LogP contribution < -0.4 is 0 Å². The molecule has 6 saturated carbocycles. The van der Waals surface area contributed by atoms with E-state index in [9.17, 15) is 10.2 Å². The highest BCUT2D eigenvalue weighted by Crippen LogP contribution is 2.86. The third-order valence-corrected chi connectivity index (χ3v) is 10.4. The Balaban J connectivity index is 1.56. The Bertz CT molecular complexity index is 677. The molecule has 3 aliphatic heterocycles. The summed E-state index contributed by atoms with van der Waals surface area (Å²) in [5.74, 6) is 2.36. The quantitative estimate of drug-likeness (QED) is 0.670. The third kappa shape index (κ3) is 0.910. The van der Waals surface area contributed by atoms with Crippen LogP contribution in [0.2, 0.25) is 0 Å². The van der Waals surface area contributed by atoms with E-state index in [0.29, 0.717) is 41.2 Å². The molecule has 6 aliphatic carbocycles. The number of aliphatic hydroxyl groups is 2. The van der Waals surface area contributed by atoms with Crippen LogP contribution in [-0.2, 0) is 0 Å². The molecule has 23 heavy (non-hydrogen) atoms. The van der Waals surface area contributed by atoms with Gasteiger partial charge >= 0.3 is 0 Å². The monoisotopic (exact) mass is 313 g/mol. The molecule has 2 spiro atoms. The Hall–Kier alpha value is -0.380. The van der Waals surface area contributed by atoms with Gasteiger partial charge in [-0.15, -0.1) is 0 Å². The summed E-state index contributed by atoms with van der Waals surface area (Å²) in [6.07, 6.45) is 5.31. The Kier molecular flexibility index (Phi) is 1.79. The highest BCUT2D eigenvalue weighted by molar-refractivity contribution is 5.43. The second-order valence-corrected chi connectivity index (χ2v) is 10.5. The van der Waals surface area contributed by atoms with Crippen molar-refractivity contribution in [3.05, 3.63) is 12.2 Å². The number of fused-ring (bicyclic) bond motifs is 1. The van der Waals surface area contributed by atoms with Crippen molar-refractivity contribution in [2.75, 3.05) is 6.54 Å². The molecule has 3 saturated heterocycles. The first-order valence-corrected chi connectivity index (χ1v) is 9.76. The number of allylic oxidation sites excluding steroid dienone is 1. The molecule has 3 heteroatoms. The molecule has 0 aromatic rings. The van der Waals surface area contributed by atoms with Crippen molar-refractivity contribution in [2.24, 2.45) is 39.9 Å². The molecule has 9 fully saturated rings. The smallest absolute Gasteiger partial charge is 0.0763 e. The molecule has 3 heterocycles. The lowest BCUT2D eigenvalue weighted by molar-refractivity contribution is -0.208. The maximum Gasteiger partial charge on any atom is 0.0763 e. The van der Waals surface area contributed by atoms with Crippen LogP contribution in [0.1, 0.15) is 39.0 Å². The second kappa shape index (κ2) is 3.20. The molecule has 2 N–H and O–H groups in total. The molecule has 0 aromatic carbocycles. The normalized spacial score (nSPS) is 75.6. The SMILES string of the molecule is C=C1C[C@]23[C@@H]4C[C@H]1C[C@H]2[C@]12[C@H](O)CC[C@@]5(C)CN([C@H]([C@H]51)[C@@H]3O)[C@H]42. The average molecular weight is 313 g/mol. The summed E-state index contributed by atoms with van der Waals surface area (Å²) in [6.45, 7) is 8.01. The molecule has 0 amide bonds. The van der Waals surface area contributed by atoms with E-state index in [1.807, 2.05) is 0 Å². The van der Waals surface area contributed by atoms with Gasteiger partial charge in [0.25, 0.3) is 0 Å². The minimum atomic E-state index is -0.181. The Morgan fingerprint density at radius 1 is 1.26 bits per heavy atom. The molecular weight excluding hydrogens is 286 g/mol. The molecule has 12 atom stereocenters. The van der Waals surface area contributed by atoms with Crippen LogP contribution in [0.5, 0.6) is 0 Å². The summed E-state index contributed by atoms with van der Waals surface area (Å²) in [5, 5.41) is 22.9. The van der Waals surface area contributed by atoms with E-state index in [4.69, 9.17) is 0 Å². The van der Waals surface area contributed by atoms with Crippen LogP contribution in [0.25, 0.3) is 0 Å². The minimum Gasteiger partial charge on any atom is -0.392 e. The Morgan fingerprint density at radius 2 is 2.09 bits per heavy atom. The molecule has 9 rings (SSSR count). The topological polar surface area (TPSA) is 43.7 Å². The van der Waals surface area contributed by atoms with Crippen LogP contribution in [0.15, 0.2) is 12.2 Å². The van der Waals surface area contributed by atoms with Gasteiger partial charge in [-0.3, -0.25) is 4.90 Å². The average Bonchev–Trinajstić information content (AvgIpc) is 2.99. The van der Waals surface area contributed by atoms with Crippen LogP contribution in [0.3, 0.4) is 0 Å². The first-order chi connectivity index (χ1) is 11.0. The van der Waals surface area contributed by atoms with E-state index in [0.717, 1.165) is 19.3 Å². The number of hydrogen-bond donors (Lipinski definition) is 2. The summed E-state index contributed by atoms with van der Waals surface area (Å²) in [5.41, 5.74) is 1.91. The van der Waals surface area contributed by atoms with Crippen molar-refractivity contribution >= 4 is 0 Å². The predicted octanol–water partition coefficient (Wildman–Crippen LogP) is 1.79. The van der Waals surface area contributed by atoms with Crippen LogP contribution in [0.4, 0.5) is 0 Å². The summed E-state index contributed by atoms with van der Waals surface area (Å²) in [6, 6.07) is 0.891. The van der Waals surface area contributed by atoms with Gasteiger partial charge in [-0.2, -0.15) is 0 Å². The fourth-order valence-electron chi connectivity index (χ4n) is 10.3. The summed E-state index contributed by atoms with van der Waals surface area (Å²) >= 11 is 0. The van der Waals surface area contributed by atoms with Crippen molar-refractivity contribution in [1.29, 1.82) is 0 Å². The zero-order valence-electron chi connectivity index (χ0n) is 13.9. The number of hydrogen-bond acceptors (Lipinski definition) is 3. The van der Waals surface area contributed by atoms with Crippen molar-refractivity contribution in [3.63, 3.8) is 0 Å². The molecule has 0 aromatic heterocycles. The van der Waals surface area contributed by atoms with Gasteiger partial charge in [0.05, 0.1) is 12.2 Å². The molecular formula is C20H27NO2. The number of nitrogens with zero attached hydrogens (tertiary/aromatic N) is 1. The number of piperidine rings is 2. The van der Waals surface area contributed by atoms with Crippen LogP contribution >= 0.6 is 0 Å². The highest BCUT2D eigenvalue weighted by atomic mass is 16.3. The molecule has 3 nitrogen and oxygen atoms in total. The maximum absolute atomic E-state index is 11.6. The molecule has 1 unspecified atom stereocenters. The Morgan fingerprint density at radius 3 is 2.91 bits per heavy atom. The van der Waals surface area contributed by atoms with Gasteiger partial charge in [0.1, 0.15) is 0 Å². The van der Waals surface area contributed by atoms with Gasteiger partial charge < -0.3 is 10.2 Å². The van der Waals surface area contributed by atoms with Crippen molar-refractivity contribution in [1.82, 2.24) is 4.90 Å².